The fourth-order valence-corrected chi connectivity index (χ4v) is 1.20. The Labute approximate surface area is 87.9 Å². The average molecular weight is 215 g/mol. The predicted molar refractivity (Wildman–Crippen MR) is 54.3 cm³/mol. The molecule has 2 nitrogen and oxygen atoms in total. The van der Waals surface area contributed by atoms with E-state index in [1.54, 1.807) is 0 Å². The van der Waals surface area contributed by atoms with E-state index in [1.165, 1.54) is 12.1 Å². The van der Waals surface area contributed by atoms with E-state index in [0.29, 0.717) is 12.1 Å². The van der Waals surface area contributed by atoms with Crippen molar-refractivity contribution in [1.29, 1.82) is 0 Å². The number of halogens is 2. The van der Waals surface area contributed by atoms with Crippen molar-refractivity contribution in [2.75, 3.05) is 13.2 Å². The molecule has 1 atom stereocenters. The lowest BCUT2D eigenvalue weighted by molar-refractivity contribution is 0.233. The molecule has 1 aromatic rings. The van der Waals surface area contributed by atoms with E-state index in [9.17, 15) is 8.78 Å². The number of nitrogens with one attached hydrogen (secondary N) is 1. The molecule has 0 saturated heterocycles. The van der Waals surface area contributed by atoms with Crippen LogP contribution in [0.2, 0.25) is 0 Å². The third kappa shape index (κ3) is 3.57. The molecule has 0 aromatic heterocycles. The zero-order chi connectivity index (χ0) is 11.3. The number of rotatable bonds is 5. The molecule has 1 aromatic carbocycles. The molecule has 2 N–H and O–H groups in total. The number of aliphatic hydroxyl groups is 1. The van der Waals surface area contributed by atoms with Gasteiger partial charge in [0.1, 0.15) is 0 Å². The van der Waals surface area contributed by atoms with Gasteiger partial charge in [-0.1, -0.05) is 19.1 Å². The molecule has 0 saturated carbocycles. The highest BCUT2D eigenvalue weighted by Crippen LogP contribution is 2.10. The van der Waals surface area contributed by atoms with Crippen molar-refractivity contribution < 1.29 is 13.9 Å². The Morgan fingerprint density at radius 3 is 2.80 bits per heavy atom. The minimum Gasteiger partial charge on any atom is -0.396 e. The van der Waals surface area contributed by atoms with Crippen LogP contribution in [0.15, 0.2) is 18.2 Å². The molecule has 0 aliphatic heterocycles. The molecule has 0 aliphatic rings. The molecule has 1 rings (SSSR count). The lowest BCUT2D eigenvalue weighted by Gasteiger charge is -2.10. The van der Waals surface area contributed by atoms with Gasteiger partial charge in [-0.2, -0.15) is 0 Å². The Kier molecular flexibility index (Phi) is 4.65. The zero-order valence-corrected chi connectivity index (χ0v) is 8.63. The van der Waals surface area contributed by atoms with Crippen LogP contribution >= 0.6 is 0 Å². The molecule has 15 heavy (non-hydrogen) atoms. The minimum atomic E-state index is -0.829. The van der Waals surface area contributed by atoms with Gasteiger partial charge in [0.25, 0.3) is 0 Å². The molecule has 0 aliphatic carbocycles. The third-order valence-corrected chi connectivity index (χ3v) is 2.15. The van der Waals surface area contributed by atoms with E-state index in [4.69, 9.17) is 5.11 Å². The van der Waals surface area contributed by atoms with Crippen molar-refractivity contribution >= 4 is 0 Å². The second-order valence-electron chi connectivity index (χ2n) is 3.63. The third-order valence-electron chi connectivity index (χ3n) is 2.15. The Balaban J connectivity index is 2.47. The van der Waals surface area contributed by atoms with Gasteiger partial charge in [-0.3, -0.25) is 0 Å². The zero-order valence-electron chi connectivity index (χ0n) is 8.63. The van der Waals surface area contributed by atoms with Gasteiger partial charge in [0.2, 0.25) is 0 Å². The summed E-state index contributed by atoms with van der Waals surface area (Å²) in [5, 5.41) is 11.7. The van der Waals surface area contributed by atoms with Gasteiger partial charge in [0.05, 0.1) is 0 Å². The molecule has 0 fully saturated rings. The van der Waals surface area contributed by atoms with Crippen molar-refractivity contribution in [3.05, 3.63) is 35.4 Å². The average Bonchev–Trinajstić information content (AvgIpc) is 2.24. The van der Waals surface area contributed by atoms with Gasteiger partial charge < -0.3 is 10.4 Å². The molecule has 84 valence electrons. The first-order chi connectivity index (χ1) is 7.15. The highest BCUT2D eigenvalue weighted by molar-refractivity contribution is 5.18. The Morgan fingerprint density at radius 1 is 1.40 bits per heavy atom. The summed E-state index contributed by atoms with van der Waals surface area (Å²) < 4.78 is 25.9. The van der Waals surface area contributed by atoms with Gasteiger partial charge in [0, 0.05) is 25.3 Å². The fourth-order valence-electron chi connectivity index (χ4n) is 1.20. The van der Waals surface area contributed by atoms with Crippen molar-refractivity contribution in [2.45, 2.75) is 13.5 Å². The first kappa shape index (κ1) is 12.1. The highest BCUT2D eigenvalue weighted by atomic mass is 19.2. The van der Waals surface area contributed by atoms with Crippen molar-refractivity contribution in [3.63, 3.8) is 0 Å². The van der Waals surface area contributed by atoms with Crippen LogP contribution < -0.4 is 5.32 Å². The van der Waals surface area contributed by atoms with Gasteiger partial charge in [-0.05, 0) is 12.0 Å². The van der Waals surface area contributed by atoms with Gasteiger partial charge in [-0.25, -0.2) is 8.78 Å². The quantitative estimate of drug-likeness (QED) is 0.783. The van der Waals surface area contributed by atoms with Crippen LogP contribution in [0.5, 0.6) is 0 Å². The maximum Gasteiger partial charge on any atom is 0.163 e. The summed E-state index contributed by atoms with van der Waals surface area (Å²) >= 11 is 0. The van der Waals surface area contributed by atoms with Crippen molar-refractivity contribution in [2.24, 2.45) is 5.92 Å². The molecule has 0 spiro atoms. The molecule has 0 radical (unpaired) electrons. The van der Waals surface area contributed by atoms with Crippen LogP contribution in [0.3, 0.4) is 0 Å². The number of aliphatic hydroxyl groups excluding tert-OH is 1. The smallest absolute Gasteiger partial charge is 0.163 e. The Morgan fingerprint density at radius 2 is 2.13 bits per heavy atom. The first-order valence-corrected chi connectivity index (χ1v) is 4.89. The van der Waals surface area contributed by atoms with Crippen LogP contribution in [0.4, 0.5) is 8.78 Å². The van der Waals surface area contributed by atoms with Crippen molar-refractivity contribution in [1.82, 2.24) is 5.32 Å². The van der Waals surface area contributed by atoms with E-state index in [1.807, 2.05) is 6.92 Å². The summed E-state index contributed by atoms with van der Waals surface area (Å²) in [6.07, 6.45) is 0. The Bertz CT molecular complexity index is 317. The summed E-state index contributed by atoms with van der Waals surface area (Å²) in [6.45, 7) is 2.80. The standard InChI is InChI=1S/C11H15F2NO/c1-8(7-15)5-14-6-9-3-2-4-10(12)11(9)13/h2-4,8,14-15H,5-7H2,1H3. The lowest BCUT2D eigenvalue weighted by Crippen LogP contribution is -2.23. The molecule has 0 heterocycles. The summed E-state index contributed by atoms with van der Waals surface area (Å²) in [4.78, 5) is 0. The second-order valence-corrected chi connectivity index (χ2v) is 3.63. The van der Waals surface area contributed by atoms with Crippen molar-refractivity contribution in [3.8, 4) is 0 Å². The van der Waals surface area contributed by atoms with Gasteiger partial charge in [0.15, 0.2) is 11.6 Å². The minimum absolute atomic E-state index is 0.0820. The van der Waals surface area contributed by atoms with Gasteiger partial charge >= 0.3 is 0 Å². The molecule has 1 unspecified atom stereocenters. The number of hydrogen-bond acceptors (Lipinski definition) is 2. The largest absolute Gasteiger partial charge is 0.396 e. The molecule has 0 bridgehead atoms. The summed E-state index contributed by atoms with van der Waals surface area (Å²) in [6, 6.07) is 4.11. The summed E-state index contributed by atoms with van der Waals surface area (Å²) in [5.41, 5.74) is 0.306. The topological polar surface area (TPSA) is 32.3 Å². The van der Waals surface area contributed by atoms with Crippen LogP contribution in [-0.4, -0.2) is 18.3 Å². The molecule has 0 amide bonds. The first-order valence-electron chi connectivity index (χ1n) is 4.89. The van der Waals surface area contributed by atoms with E-state index in [2.05, 4.69) is 5.32 Å². The van der Waals surface area contributed by atoms with Gasteiger partial charge in [-0.15, -0.1) is 0 Å². The maximum absolute atomic E-state index is 13.1. The van der Waals surface area contributed by atoms with E-state index < -0.39 is 11.6 Å². The predicted octanol–water partition coefficient (Wildman–Crippen LogP) is 1.68. The fraction of sp³-hybridized carbons (Fsp3) is 0.455. The normalized spacial score (nSPS) is 12.8. The maximum atomic E-state index is 13.1. The molecule has 4 heteroatoms. The summed E-state index contributed by atoms with van der Waals surface area (Å²) in [7, 11) is 0. The number of hydrogen-bond donors (Lipinski definition) is 2. The number of benzene rings is 1. The highest BCUT2D eigenvalue weighted by Gasteiger charge is 2.07. The Hall–Kier alpha value is -1.00. The van der Waals surface area contributed by atoms with Crippen LogP contribution in [0.1, 0.15) is 12.5 Å². The van der Waals surface area contributed by atoms with E-state index >= 15 is 0 Å². The second kappa shape index (κ2) is 5.78. The summed E-state index contributed by atoms with van der Waals surface area (Å²) in [5.74, 6) is -1.52. The van der Waals surface area contributed by atoms with Crippen LogP contribution in [0.25, 0.3) is 0 Å². The molecular formula is C11H15F2NO. The van der Waals surface area contributed by atoms with Crippen LogP contribution in [0, 0.1) is 17.6 Å². The SMILES string of the molecule is CC(CO)CNCc1cccc(F)c1F. The molecular weight excluding hydrogens is 200 g/mol. The van der Waals surface area contributed by atoms with Crippen LogP contribution in [-0.2, 0) is 6.54 Å². The van der Waals surface area contributed by atoms with E-state index in [0.717, 1.165) is 6.07 Å². The monoisotopic (exact) mass is 215 g/mol. The van der Waals surface area contributed by atoms with E-state index in [-0.39, 0.29) is 19.1 Å². The lowest BCUT2D eigenvalue weighted by atomic mass is 10.1.